The van der Waals surface area contributed by atoms with Gasteiger partial charge in [0.25, 0.3) is 0 Å². The number of carbonyl (C=O) groups excluding carboxylic acids is 1. The maximum Gasteiger partial charge on any atom is 0.248 e. The lowest BCUT2D eigenvalue weighted by Crippen LogP contribution is -2.08. The second kappa shape index (κ2) is 7.98. The fourth-order valence-corrected chi connectivity index (χ4v) is 3.83. The third-order valence-corrected chi connectivity index (χ3v) is 5.88. The maximum atomic E-state index is 12.3. The van der Waals surface area contributed by atoms with Gasteiger partial charge < -0.3 is 14.6 Å². The normalized spacial score (nSPS) is 14.2. The van der Waals surface area contributed by atoms with Crippen molar-refractivity contribution in [2.24, 2.45) is 0 Å². The van der Waals surface area contributed by atoms with Gasteiger partial charge >= 0.3 is 0 Å². The summed E-state index contributed by atoms with van der Waals surface area (Å²) >= 11 is 1.54. The zero-order valence-electron chi connectivity index (χ0n) is 15.8. The van der Waals surface area contributed by atoms with E-state index in [9.17, 15) is 4.79 Å². The number of amides is 1. The van der Waals surface area contributed by atoms with Gasteiger partial charge in [-0.3, -0.25) is 4.79 Å². The zero-order chi connectivity index (χ0) is 19.5. The second-order valence-electron chi connectivity index (χ2n) is 6.76. The molecule has 0 saturated heterocycles. The van der Waals surface area contributed by atoms with Crippen LogP contribution < -0.4 is 10.1 Å². The molecule has 0 aliphatic heterocycles. The number of ether oxygens (including phenoxy) is 1. The highest BCUT2D eigenvalue weighted by Gasteiger charge is 2.26. The fourth-order valence-electron chi connectivity index (χ4n) is 2.93. The summed E-state index contributed by atoms with van der Waals surface area (Å²) in [6.45, 7) is 1.96. The lowest BCUT2D eigenvalue weighted by Gasteiger charge is -2.20. The average Bonchev–Trinajstić information content (AvgIpc) is 3.26. The summed E-state index contributed by atoms with van der Waals surface area (Å²) in [7, 11) is 1.62. The van der Waals surface area contributed by atoms with Crippen molar-refractivity contribution in [1.29, 1.82) is 0 Å². The molecule has 7 heteroatoms. The van der Waals surface area contributed by atoms with Crippen LogP contribution >= 0.6 is 11.3 Å². The molecule has 6 nitrogen and oxygen atoms in total. The van der Waals surface area contributed by atoms with Crippen LogP contribution in [0, 0.1) is 6.92 Å². The van der Waals surface area contributed by atoms with Gasteiger partial charge in [0.1, 0.15) is 5.75 Å². The predicted octanol–water partition coefficient (Wildman–Crippen LogP) is 5.03. The summed E-state index contributed by atoms with van der Waals surface area (Å²) in [6, 6.07) is 9.40. The Labute approximate surface area is 167 Å². The van der Waals surface area contributed by atoms with Crippen molar-refractivity contribution in [2.45, 2.75) is 32.1 Å². The average molecular weight is 395 g/mol. The van der Waals surface area contributed by atoms with Gasteiger partial charge in [0.15, 0.2) is 0 Å². The highest BCUT2D eigenvalue weighted by Crippen LogP contribution is 2.38. The number of aromatic nitrogens is 2. The lowest BCUT2D eigenvalue weighted by atomic mass is 9.85. The Balaban J connectivity index is 1.42. The molecule has 1 fully saturated rings. The number of benzene rings is 1. The molecule has 3 aromatic rings. The lowest BCUT2D eigenvalue weighted by molar-refractivity contribution is -0.111. The highest BCUT2D eigenvalue weighted by molar-refractivity contribution is 7.16. The van der Waals surface area contributed by atoms with Gasteiger partial charge in [0, 0.05) is 16.9 Å². The number of nitrogens with zero attached hydrogens (tertiary/aromatic N) is 2. The Morgan fingerprint density at radius 2 is 2.11 bits per heavy atom. The molecule has 0 unspecified atom stereocenters. The van der Waals surface area contributed by atoms with Gasteiger partial charge in [-0.2, -0.15) is 4.98 Å². The first-order valence-corrected chi connectivity index (χ1v) is 10.0. The molecule has 28 heavy (non-hydrogen) atoms. The van der Waals surface area contributed by atoms with Crippen molar-refractivity contribution in [1.82, 2.24) is 10.1 Å². The number of nitrogens with one attached hydrogen (secondary N) is 1. The standard InChI is InChI=1S/C21H21N3O3S/c1-13-17(22-19(25)11-8-14-6-9-16(26-2)10-7-14)12-18(28-13)20-23-21(27-24-20)15-4-3-5-15/h6-12,15H,3-5H2,1-2H3,(H,22,25)/b11-8+. The minimum Gasteiger partial charge on any atom is -0.497 e. The zero-order valence-corrected chi connectivity index (χ0v) is 16.6. The van der Waals surface area contributed by atoms with Crippen LogP contribution in [0.1, 0.15) is 41.5 Å². The Morgan fingerprint density at radius 3 is 2.79 bits per heavy atom. The van der Waals surface area contributed by atoms with Crippen LogP contribution in [-0.4, -0.2) is 23.2 Å². The molecule has 0 spiro atoms. The van der Waals surface area contributed by atoms with Crippen LogP contribution in [0.25, 0.3) is 16.8 Å². The topological polar surface area (TPSA) is 77.2 Å². The Morgan fingerprint density at radius 1 is 1.32 bits per heavy atom. The molecule has 1 amide bonds. The SMILES string of the molecule is COc1ccc(/C=C/C(=O)Nc2cc(-c3noc(C4CCC4)n3)sc2C)cc1. The van der Waals surface area contributed by atoms with Crippen molar-refractivity contribution >= 4 is 29.0 Å². The molecule has 1 saturated carbocycles. The largest absolute Gasteiger partial charge is 0.497 e. The Hall–Kier alpha value is -2.93. The van der Waals surface area contributed by atoms with E-state index in [1.54, 1.807) is 24.5 Å². The van der Waals surface area contributed by atoms with Crippen LogP contribution in [-0.2, 0) is 4.79 Å². The minimum absolute atomic E-state index is 0.188. The van der Waals surface area contributed by atoms with Gasteiger partial charge in [-0.05, 0) is 49.6 Å². The quantitative estimate of drug-likeness (QED) is 0.592. The number of anilines is 1. The van der Waals surface area contributed by atoms with Gasteiger partial charge in [-0.25, -0.2) is 0 Å². The van der Waals surface area contributed by atoms with Crippen LogP contribution in [0.5, 0.6) is 5.75 Å². The van der Waals surface area contributed by atoms with Crippen molar-refractivity contribution in [3.63, 3.8) is 0 Å². The van der Waals surface area contributed by atoms with Gasteiger partial charge in [0.05, 0.1) is 17.7 Å². The first-order chi connectivity index (χ1) is 13.6. The van der Waals surface area contributed by atoms with Gasteiger partial charge in [-0.1, -0.05) is 23.7 Å². The van der Waals surface area contributed by atoms with E-state index in [-0.39, 0.29) is 5.91 Å². The number of hydrogen-bond acceptors (Lipinski definition) is 6. The van der Waals surface area contributed by atoms with E-state index in [2.05, 4.69) is 15.5 Å². The summed E-state index contributed by atoms with van der Waals surface area (Å²) in [5.41, 5.74) is 1.69. The van der Waals surface area contributed by atoms with Crippen LogP contribution in [0.2, 0.25) is 0 Å². The van der Waals surface area contributed by atoms with E-state index in [1.807, 2.05) is 37.3 Å². The Bertz CT molecular complexity index is 1000. The molecular weight excluding hydrogens is 374 g/mol. The maximum absolute atomic E-state index is 12.3. The molecule has 2 heterocycles. The molecule has 1 N–H and O–H groups in total. The highest BCUT2D eigenvalue weighted by atomic mass is 32.1. The second-order valence-corrected chi connectivity index (χ2v) is 8.02. The molecule has 1 aromatic carbocycles. The monoisotopic (exact) mass is 395 g/mol. The van der Waals surface area contributed by atoms with Crippen molar-refractivity contribution in [3.05, 3.63) is 52.7 Å². The molecule has 1 aliphatic carbocycles. The smallest absolute Gasteiger partial charge is 0.248 e. The summed E-state index contributed by atoms with van der Waals surface area (Å²) in [5, 5.41) is 7.02. The summed E-state index contributed by atoms with van der Waals surface area (Å²) in [6.07, 6.45) is 6.74. The molecule has 0 atom stereocenters. The number of rotatable bonds is 6. The number of hydrogen-bond donors (Lipinski definition) is 1. The third kappa shape index (κ3) is 3.99. The van der Waals surface area contributed by atoms with Crippen LogP contribution in [0.15, 0.2) is 40.9 Å². The number of methoxy groups -OCH3 is 1. The molecule has 144 valence electrons. The van der Waals surface area contributed by atoms with Crippen LogP contribution in [0.3, 0.4) is 0 Å². The van der Waals surface area contributed by atoms with Crippen molar-refractivity contribution in [3.8, 4) is 16.5 Å². The van der Waals surface area contributed by atoms with E-state index in [1.165, 1.54) is 12.5 Å². The molecule has 0 radical (unpaired) electrons. The van der Waals surface area contributed by atoms with E-state index < -0.39 is 0 Å². The molecule has 1 aliphatic rings. The van der Waals surface area contributed by atoms with E-state index in [0.29, 0.717) is 11.7 Å². The van der Waals surface area contributed by atoms with Crippen LogP contribution in [0.4, 0.5) is 5.69 Å². The van der Waals surface area contributed by atoms with Gasteiger partial charge in [0.2, 0.25) is 17.6 Å². The van der Waals surface area contributed by atoms with Gasteiger partial charge in [-0.15, -0.1) is 11.3 Å². The number of thiophene rings is 1. The first kappa shape index (κ1) is 18.4. The predicted molar refractivity (Wildman–Crippen MR) is 110 cm³/mol. The molecule has 4 rings (SSSR count). The third-order valence-electron chi connectivity index (χ3n) is 4.84. The molecular formula is C21H21N3O3S. The number of aryl methyl sites for hydroxylation is 1. The Kier molecular flexibility index (Phi) is 5.25. The number of carbonyl (C=O) groups is 1. The molecule has 0 bridgehead atoms. The first-order valence-electron chi connectivity index (χ1n) is 9.20. The van der Waals surface area contributed by atoms with E-state index in [0.717, 1.165) is 45.5 Å². The molecule has 2 aromatic heterocycles. The van der Waals surface area contributed by atoms with Crippen molar-refractivity contribution in [2.75, 3.05) is 12.4 Å². The van der Waals surface area contributed by atoms with E-state index in [4.69, 9.17) is 9.26 Å². The van der Waals surface area contributed by atoms with Crippen molar-refractivity contribution < 1.29 is 14.1 Å². The summed E-state index contributed by atoms with van der Waals surface area (Å²) in [5.74, 6) is 2.31. The summed E-state index contributed by atoms with van der Waals surface area (Å²) < 4.78 is 10.5. The summed E-state index contributed by atoms with van der Waals surface area (Å²) in [4.78, 5) is 18.7. The fraction of sp³-hybridized carbons (Fsp3) is 0.286. The minimum atomic E-state index is -0.188. The van der Waals surface area contributed by atoms with E-state index >= 15 is 0 Å².